The third-order valence-electron chi connectivity index (χ3n) is 19.5. The van der Waals surface area contributed by atoms with Crippen LogP contribution in [0.4, 0.5) is 0 Å². The number of aliphatic hydroxyl groups is 2. The van der Waals surface area contributed by atoms with Gasteiger partial charge in [-0.1, -0.05) is 42.5 Å². The van der Waals surface area contributed by atoms with Gasteiger partial charge in [0.25, 0.3) is 0 Å². The van der Waals surface area contributed by atoms with Crippen LogP contribution in [0.25, 0.3) is 0 Å². The van der Waals surface area contributed by atoms with Gasteiger partial charge in [0.05, 0.1) is 19.3 Å². The Balaban J connectivity index is 0.890. The second kappa shape index (κ2) is 37.4. The number of nitrogens with one attached hydrogen (secondary N) is 8. The van der Waals surface area contributed by atoms with Crippen LogP contribution < -0.4 is 65.5 Å². The molecule has 542 valence electrons. The van der Waals surface area contributed by atoms with Crippen molar-refractivity contribution in [2.75, 3.05) is 45.9 Å². The number of aliphatic carboxylic acids is 1. The summed E-state index contributed by atoms with van der Waals surface area (Å²) in [4.78, 5) is 162. The standard InChI is InChI=1S/C68H99N15O14S2/c69-20-6-4-16-47(75-56(86)36-68-33-41-26-42(34-68)28-43(27-41)35-68)58(88)77-48(17-5-7-21-70)64(94)82-23-9-19-54(82)65(95)83-38-44(85)30-55(83)63(93)74-37-57(87)76-51(31-45-14-10-24-98-45)60(90)81-53(39-84)62(92)79-50(29-40-12-2-1-3-13-40)59(89)80-52(32-46-15-11-25-99-46)61(91)78-49(66(96)97)18-8-22-73-67(71)72/h1-3,10-15,24-25,41-44,47-55,84-85H,4-9,16-23,26-39,69-70H2,(H,74,93)(H,75,86)(H,76,87)(H,77,88)(H,78,91)(H,79,92)(H,80,89)(H,81,90)(H,96,97)(H4,71,72,73)/t41?,42?,43?,44?,47-,48-,49-,50+,51-,52-,53-,54-,55-,68?/m0/s1. The number of rotatable bonds is 39. The highest BCUT2D eigenvalue weighted by Gasteiger charge is 2.52. The second-order valence-electron chi connectivity index (χ2n) is 27.2. The van der Waals surface area contributed by atoms with Crippen molar-refractivity contribution in [3.05, 3.63) is 80.7 Å². The van der Waals surface area contributed by atoms with Gasteiger partial charge in [0.15, 0.2) is 5.96 Å². The topological polar surface area (TPSA) is 468 Å². The first kappa shape index (κ1) is 76.7. The molecule has 2 saturated heterocycles. The van der Waals surface area contributed by atoms with Crippen molar-refractivity contribution in [2.45, 2.75) is 195 Å². The monoisotopic (exact) mass is 1410 g/mol. The molecule has 4 heterocycles. The lowest BCUT2D eigenvalue weighted by atomic mass is 9.49. The predicted octanol–water partition coefficient (Wildman–Crippen LogP) is -0.705. The van der Waals surface area contributed by atoms with Crippen molar-refractivity contribution in [3.8, 4) is 0 Å². The molecule has 6 fully saturated rings. The SMILES string of the molecule is NCCCC[C@H](NC(=O)CC12CC3CC(CC(C3)C1)C2)C(=O)N[C@@H](CCCCN)C(=O)N1CCC[C@H]1C(=O)N1CC(O)C[C@H]1C(=O)NCC(=O)N[C@@H](Cc1cccs1)C(=O)N[C@@H](CO)C(=O)N[C@H](Cc1ccccc1)C(=O)N[C@@H](Cc1cccs1)C(=O)N[C@@H](CCCN=C(N)N)C(=O)O. The van der Waals surface area contributed by atoms with Crippen LogP contribution in [0.1, 0.15) is 131 Å². The number of aliphatic hydroxyl groups excluding tert-OH is 2. The summed E-state index contributed by atoms with van der Waals surface area (Å²) in [5.41, 5.74) is 23.0. The van der Waals surface area contributed by atoms with E-state index in [1.165, 1.54) is 51.7 Å². The number of unbranched alkanes of at least 4 members (excludes halogenated alkanes) is 2. The molecule has 4 saturated carbocycles. The number of thiophene rings is 2. The van der Waals surface area contributed by atoms with E-state index in [9.17, 15) is 68.1 Å². The molecule has 99 heavy (non-hydrogen) atoms. The van der Waals surface area contributed by atoms with Crippen LogP contribution >= 0.6 is 22.7 Å². The normalized spacial score (nSPS) is 22.7. The van der Waals surface area contributed by atoms with Gasteiger partial charge in [-0.15, -0.1) is 22.7 Å². The van der Waals surface area contributed by atoms with Gasteiger partial charge in [0.2, 0.25) is 59.1 Å². The molecule has 4 aliphatic carbocycles. The molecule has 29 nitrogen and oxygen atoms in total. The van der Waals surface area contributed by atoms with Crippen LogP contribution in [0.5, 0.6) is 0 Å². The summed E-state index contributed by atoms with van der Waals surface area (Å²) >= 11 is 2.55. The highest BCUT2D eigenvalue weighted by Crippen LogP contribution is 2.61. The Morgan fingerprint density at radius 2 is 1.09 bits per heavy atom. The summed E-state index contributed by atoms with van der Waals surface area (Å²) in [5.74, 6) is -6.80. The molecule has 0 radical (unpaired) electrons. The lowest BCUT2D eigenvalue weighted by molar-refractivity contribution is -0.148. The van der Waals surface area contributed by atoms with E-state index in [0.29, 0.717) is 91.1 Å². The maximum Gasteiger partial charge on any atom is 0.326 e. The quantitative estimate of drug-likeness (QED) is 0.0191. The Bertz CT molecular complexity index is 3230. The molecule has 1 unspecified atom stereocenters. The second-order valence-corrected chi connectivity index (χ2v) is 29.3. The molecule has 3 aromatic rings. The number of β-amino-alcohol motifs (C(OH)–C–C–N with tert-alkyl or cyclic N) is 1. The first-order chi connectivity index (χ1) is 47.5. The Morgan fingerprint density at radius 3 is 1.65 bits per heavy atom. The van der Waals surface area contributed by atoms with Crippen molar-refractivity contribution in [1.82, 2.24) is 52.3 Å². The zero-order valence-corrected chi connectivity index (χ0v) is 57.6. The number of carbonyl (C=O) groups is 11. The Kier molecular flexibility index (Phi) is 28.9. The number of benzene rings is 1. The van der Waals surface area contributed by atoms with Crippen molar-refractivity contribution in [1.29, 1.82) is 0 Å². The largest absolute Gasteiger partial charge is 0.480 e. The van der Waals surface area contributed by atoms with E-state index in [0.717, 1.165) is 19.3 Å². The van der Waals surface area contributed by atoms with Crippen molar-refractivity contribution < 1.29 is 68.1 Å². The van der Waals surface area contributed by atoms with Crippen molar-refractivity contribution in [2.24, 2.45) is 51.1 Å². The third-order valence-corrected chi connectivity index (χ3v) is 21.3. The van der Waals surface area contributed by atoms with Crippen LogP contribution in [-0.2, 0) is 72.0 Å². The fourth-order valence-corrected chi connectivity index (χ4v) is 16.7. The minimum absolute atomic E-state index is 0.0541. The number of aliphatic imine (C=N–C) groups is 1. The van der Waals surface area contributed by atoms with Gasteiger partial charge >= 0.3 is 5.97 Å². The van der Waals surface area contributed by atoms with Gasteiger partial charge in [-0.05, 0) is 167 Å². The molecule has 31 heteroatoms. The van der Waals surface area contributed by atoms with E-state index in [1.54, 1.807) is 65.4 Å². The molecule has 6 aliphatic rings. The summed E-state index contributed by atoms with van der Waals surface area (Å²) < 4.78 is 0. The number of nitrogens with zero attached hydrogens (tertiary/aromatic N) is 3. The number of nitrogens with two attached hydrogens (primary N) is 4. The summed E-state index contributed by atoms with van der Waals surface area (Å²) in [6, 6.07) is 3.68. The van der Waals surface area contributed by atoms with Crippen LogP contribution in [0.2, 0.25) is 0 Å². The summed E-state index contributed by atoms with van der Waals surface area (Å²) in [5, 5.41) is 56.5. The van der Waals surface area contributed by atoms with Crippen LogP contribution in [0.3, 0.4) is 0 Å². The van der Waals surface area contributed by atoms with Crippen LogP contribution in [-0.4, -0.2) is 202 Å². The van der Waals surface area contributed by atoms with Gasteiger partial charge < -0.3 is 90.6 Å². The molecule has 1 aromatic carbocycles. The van der Waals surface area contributed by atoms with E-state index >= 15 is 0 Å². The maximum absolute atomic E-state index is 14.8. The zero-order chi connectivity index (χ0) is 71.2. The summed E-state index contributed by atoms with van der Waals surface area (Å²) in [6.45, 7) is -0.993. The first-order valence-electron chi connectivity index (χ1n) is 34.6. The third kappa shape index (κ3) is 22.4. The maximum atomic E-state index is 14.8. The molecule has 9 rings (SSSR count). The number of carboxylic acid groups (broad SMARTS) is 1. The zero-order valence-electron chi connectivity index (χ0n) is 56.0. The molecule has 4 bridgehead atoms. The molecule has 10 atom stereocenters. The number of hydrogen-bond donors (Lipinski definition) is 15. The molecule has 2 aliphatic heterocycles. The number of carboxylic acids is 1. The molecule has 19 N–H and O–H groups in total. The van der Waals surface area contributed by atoms with Gasteiger partial charge in [0.1, 0.15) is 54.4 Å². The molecular weight excluding hydrogens is 1310 g/mol. The van der Waals surface area contributed by atoms with Gasteiger partial charge in [0, 0.05) is 61.5 Å². The number of likely N-dealkylation sites (tertiary alicyclic amines) is 2. The van der Waals surface area contributed by atoms with Crippen LogP contribution in [0, 0.1) is 23.2 Å². The molecular formula is C68H99N15O14S2. The fourth-order valence-electron chi connectivity index (χ4n) is 15.2. The number of guanidine groups is 1. The van der Waals surface area contributed by atoms with E-state index in [4.69, 9.17) is 22.9 Å². The van der Waals surface area contributed by atoms with Crippen molar-refractivity contribution in [3.63, 3.8) is 0 Å². The highest BCUT2D eigenvalue weighted by molar-refractivity contribution is 7.10. The van der Waals surface area contributed by atoms with Gasteiger partial charge in [-0.2, -0.15) is 0 Å². The average Bonchev–Trinajstić information content (AvgIpc) is 1.34. The Labute approximate surface area is 584 Å². The fraction of sp³-hybridized carbons (Fsp3) is 0.618. The molecule has 10 amide bonds. The number of carbonyl (C=O) groups excluding carboxylic acids is 10. The predicted molar refractivity (Wildman–Crippen MR) is 369 cm³/mol. The summed E-state index contributed by atoms with van der Waals surface area (Å²) in [7, 11) is 0. The Hall–Kier alpha value is -8.10. The number of hydrogen-bond acceptors (Lipinski definition) is 18. The molecule has 2 aromatic heterocycles. The molecule has 0 spiro atoms. The van der Waals surface area contributed by atoms with E-state index < -0.39 is 133 Å². The first-order valence-corrected chi connectivity index (χ1v) is 36.4. The lowest BCUT2D eigenvalue weighted by Gasteiger charge is -2.56. The number of amides is 10. The van der Waals surface area contributed by atoms with Crippen LogP contribution in [0.15, 0.2) is 70.3 Å². The Morgan fingerprint density at radius 1 is 0.576 bits per heavy atom. The lowest BCUT2D eigenvalue weighted by Crippen LogP contribution is -2.60. The average molecular weight is 1410 g/mol. The minimum atomic E-state index is -1.72. The van der Waals surface area contributed by atoms with E-state index in [2.05, 4.69) is 47.5 Å². The smallest absolute Gasteiger partial charge is 0.326 e. The summed E-state index contributed by atoms with van der Waals surface area (Å²) in [6.07, 6.45) is 8.90. The van der Waals surface area contributed by atoms with E-state index in [1.807, 2.05) is 0 Å². The van der Waals surface area contributed by atoms with Gasteiger partial charge in [-0.25, -0.2) is 4.79 Å². The van der Waals surface area contributed by atoms with Gasteiger partial charge in [-0.3, -0.25) is 52.9 Å². The minimum Gasteiger partial charge on any atom is -0.480 e. The highest BCUT2D eigenvalue weighted by atomic mass is 32.1. The van der Waals surface area contributed by atoms with E-state index in [-0.39, 0.29) is 88.3 Å². The van der Waals surface area contributed by atoms with Crippen molar-refractivity contribution >= 4 is 93.7 Å².